The van der Waals surface area contributed by atoms with E-state index in [1.807, 2.05) is 0 Å². The van der Waals surface area contributed by atoms with E-state index in [1.165, 1.54) is 37.4 Å². The summed E-state index contributed by atoms with van der Waals surface area (Å²) >= 11 is 3.29. The third-order valence-corrected chi connectivity index (χ3v) is 3.43. The summed E-state index contributed by atoms with van der Waals surface area (Å²) in [6.45, 7) is 1.28. The van der Waals surface area contributed by atoms with E-state index in [-0.39, 0.29) is 11.3 Å². The molecule has 25 heavy (non-hydrogen) atoms. The molecule has 0 aliphatic carbocycles. The summed E-state index contributed by atoms with van der Waals surface area (Å²) in [4.78, 5) is 33.1. The molecule has 2 aromatic carbocycles. The third kappa shape index (κ3) is 5.21. The molecule has 0 saturated carbocycles. The van der Waals surface area contributed by atoms with E-state index in [0.717, 1.165) is 4.47 Å². The van der Waals surface area contributed by atoms with Gasteiger partial charge in [0.25, 0.3) is 11.6 Å². The fourth-order valence-electron chi connectivity index (χ4n) is 1.83. The molecule has 1 N–H and O–H groups in total. The Morgan fingerprint density at radius 3 is 2.52 bits per heavy atom. The minimum absolute atomic E-state index is 0.111. The molecule has 0 aromatic heterocycles. The number of esters is 1. The van der Waals surface area contributed by atoms with Crippen LogP contribution in [0.25, 0.3) is 0 Å². The number of non-ortho nitro benzene ring substituents is 1. The van der Waals surface area contributed by atoms with E-state index in [4.69, 9.17) is 4.74 Å². The van der Waals surface area contributed by atoms with Crippen molar-refractivity contribution in [2.75, 3.05) is 0 Å². The maximum absolute atomic E-state index is 12.0. The molecular weight excluding hydrogens is 394 g/mol. The van der Waals surface area contributed by atoms with Crippen LogP contribution >= 0.6 is 15.9 Å². The zero-order valence-corrected chi connectivity index (χ0v) is 14.5. The zero-order valence-electron chi connectivity index (χ0n) is 12.9. The number of hydrogen-bond acceptors (Lipinski definition) is 6. The Morgan fingerprint density at radius 2 is 1.92 bits per heavy atom. The fraction of sp³-hybridized carbons (Fsp3) is 0.0625. The van der Waals surface area contributed by atoms with E-state index >= 15 is 0 Å². The fourth-order valence-corrected chi connectivity index (χ4v) is 2.21. The molecule has 8 nitrogen and oxygen atoms in total. The van der Waals surface area contributed by atoms with Gasteiger partial charge in [-0.15, -0.1) is 0 Å². The number of amides is 1. The monoisotopic (exact) mass is 405 g/mol. The lowest BCUT2D eigenvalue weighted by Crippen LogP contribution is -2.17. The van der Waals surface area contributed by atoms with Gasteiger partial charge in [-0.05, 0) is 30.3 Å². The number of nitro groups is 1. The smallest absolute Gasteiger partial charge is 0.308 e. The highest BCUT2D eigenvalue weighted by molar-refractivity contribution is 9.10. The maximum Gasteiger partial charge on any atom is 0.308 e. The van der Waals surface area contributed by atoms with Crippen LogP contribution in [0.2, 0.25) is 0 Å². The van der Waals surface area contributed by atoms with Crippen LogP contribution < -0.4 is 10.2 Å². The molecule has 0 heterocycles. The Hall–Kier alpha value is -3.07. The predicted molar refractivity (Wildman–Crippen MR) is 93.6 cm³/mol. The zero-order chi connectivity index (χ0) is 18.4. The van der Waals surface area contributed by atoms with Crippen molar-refractivity contribution < 1.29 is 19.2 Å². The number of nitrogens with zero attached hydrogens (tertiary/aromatic N) is 2. The van der Waals surface area contributed by atoms with Gasteiger partial charge in [0.2, 0.25) is 0 Å². The Balaban J connectivity index is 2.09. The second-order valence-corrected chi connectivity index (χ2v) is 5.69. The Kier molecular flexibility index (Phi) is 5.96. The van der Waals surface area contributed by atoms with Crippen molar-refractivity contribution >= 4 is 39.7 Å². The second-order valence-electron chi connectivity index (χ2n) is 4.78. The molecule has 0 bridgehead atoms. The lowest BCUT2D eigenvalue weighted by molar-refractivity contribution is -0.384. The molecule has 0 atom stereocenters. The van der Waals surface area contributed by atoms with Gasteiger partial charge in [0.1, 0.15) is 5.75 Å². The van der Waals surface area contributed by atoms with Crippen molar-refractivity contribution in [3.8, 4) is 5.75 Å². The van der Waals surface area contributed by atoms with E-state index in [1.54, 1.807) is 18.2 Å². The lowest BCUT2D eigenvalue weighted by Gasteiger charge is -2.05. The number of rotatable bonds is 5. The first-order valence-corrected chi connectivity index (χ1v) is 7.72. The lowest BCUT2D eigenvalue weighted by atomic mass is 10.2. The molecule has 0 spiro atoms. The summed E-state index contributed by atoms with van der Waals surface area (Å²) in [6, 6.07) is 10.1. The van der Waals surface area contributed by atoms with E-state index < -0.39 is 16.8 Å². The number of ether oxygens (including phenoxy) is 1. The van der Waals surface area contributed by atoms with Crippen molar-refractivity contribution in [2.24, 2.45) is 5.10 Å². The number of benzene rings is 2. The molecule has 9 heteroatoms. The highest BCUT2D eigenvalue weighted by Gasteiger charge is 2.09. The van der Waals surface area contributed by atoms with Crippen molar-refractivity contribution in [1.29, 1.82) is 0 Å². The van der Waals surface area contributed by atoms with Gasteiger partial charge >= 0.3 is 5.97 Å². The van der Waals surface area contributed by atoms with Crippen molar-refractivity contribution in [1.82, 2.24) is 5.43 Å². The Bertz CT molecular complexity index is 849. The number of carbonyl (C=O) groups is 2. The molecule has 0 fully saturated rings. The van der Waals surface area contributed by atoms with Crippen LogP contribution in [-0.2, 0) is 4.79 Å². The molecular formula is C16H12BrN3O5. The number of carbonyl (C=O) groups excluding carboxylic acids is 2. The molecule has 0 unspecified atom stereocenters. The van der Waals surface area contributed by atoms with E-state index in [9.17, 15) is 19.7 Å². The average Bonchev–Trinajstić information content (AvgIpc) is 2.56. The van der Waals surface area contributed by atoms with Gasteiger partial charge < -0.3 is 4.74 Å². The van der Waals surface area contributed by atoms with Crippen LogP contribution in [0.4, 0.5) is 5.69 Å². The quantitative estimate of drug-likeness (QED) is 0.270. The molecule has 128 valence electrons. The van der Waals surface area contributed by atoms with E-state index in [0.29, 0.717) is 11.3 Å². The Morgan fingerprint density at radius 1 is 1.24 bits per heavy atom. The average molecular weight is 406 g/mol. The van der Waals surface area contributed by atoms with Gasteiger partial charge in [0.15, 0.2) is 0 Å². The van der Waals surface area contributed by atoms with Gasteiger partial charge in [0, 0.05) is 34.7 Å². The first kappa shape index (κ1) is 18.3. The second kappa shape index (κ2) is 8.15. The normalized spacial score (nSPS) is 10.5. The minimum Gasteiger partial charge on any atom is -0.426 e. The van der Waals surface area contributed by atoms with Gasteiger partial charge in [0.05, 0.1) is 11.1 Å². The summed E-state index contributed by atoms with van der Waals surface area (Å²) in [5.41, 5.74) is 2.89. The number of nitrogens with one attached hydrogen (secondary N) is 1. The SMILES string of the molecule is CC(=O)Oc1ccc(Br)cc1/C=N\NC(=O)c1ccc([N+](=O)[O-])cc1. The Labute approximate surface area is 150 Å². The molecule has 0 aliphatic rings. The van der Waals surface area contributed by atoms with E-state index in [2.05, 4.69) is 26.5 Å². The summed E-state index contributed by atoms with van der Waals surface area (Å²) in [7, 11) is 0. The topological polar surface area (TPSA) is 111 Å². The standard InChI is InChI=1S/C16H12BrN3O5/c1-10(21)25-15-7-4-13(17)8-12(15)9-18-19-16(22)11-2-5-14(6-3-11)20(23)24/h2-9H,1H3,(H,19,22)/b18-9-. The van der Waals surface area contributed by atoms with Crippen molar-refractivity contribution in [3.63, 3.8) is 0 Å². The number of hydrazone groups is 1. The summed E-state index contributed by atoms with van der Waals surface area (Å²) in [5.74, 6) is -0.717. The van der Waals surface area contributed by atoms with Crippen LogP contribution in [-0.4, -0.2) is 23.0 Å². The number of nitro benzene ring substituents is 1. The maximum atomic E-state index is 12.0. The third-order valence-electron chi connectivity index (χ3n) is 2.94. The number of hydrogen-bond donors (Lipinski definition) is 1. The van der Waals surface area contributed by atoms with Crippen LogP contribution in [0.15, 0.2) is 52.0 Å². The van der Waals surface area contributed by atoms with Gasteiger partial charge in [-0.3, -0.25) is 19.7 Å². The first-order valence-electron chi connectivity index (χ1n) is 6.92. The summed E-state index contributed by atoms with van der Waals surface area (Å²) in [6.07, 6.45) is 1.33. The highest BCUT2D eigenvalue weighted by atomic mass is 79.9. The van der Waals surface area contributed by atoms with Gasteiger partial charge in [-0.25, -0.2) is 5.43 Å². The van der Waals surface area contributed by atoms with Gasteiger partial charge in [-0.1, -0.05) is 15.9 Å². The largest absolute Gasteiger partial charge is 0.426 e. The summed E-state index contributed by atoms with van der Waals surface area (Å²) < 4.78 is 5.79. The van der Waals surface area contributed by atoms with Crippen LogP contribution in [0.3, 0.4) is 0 Å². The molecule has 0 saturated heterocycles. The van der Waals surface area contributed by atoms with Crippen LogP contribution in [0.1, 0.15) is 22.8 Å². The molecule has 1 amide bonds. The number of halogens is 1. The summed E-state index contributed by atoms with van der Waals surface area (Å²) in [5, 5.41) is 14.4. The van der Waals surface area contributed by atoms with Crippen LogP contribution in [0, 0.1) is 10.1 Å². The van der Waals surface area contributed by atoms with Crippen LogP contribution in [0.5, 0.6) is 5.75 Å². The molecule has 0 radical (unpaired) electrons. The minimum atomic E-state index is -0.552. The highest BCUT2D eigenvalue weighted by Crippen LogP contribution is 2.22. The molecule has 0 aliphatic heterocycles. The van der Waals surface area contributed by atoms with Crippen molar-refractivity contribution in [3.05, 3.63) is 68.2 Å². The molecule has 2 aromatic rings. The molecule has 2 rings (SSSR count). The van der Waals surface area contributed by atoms with Crippen molar-refractivity contribution in [2.45, 2.75) is 6.92 Å². The van der Waals surface area contributed by atoms with Gasteiger partial charge in [-0.2, -0.15) is 5.10 Å². The predicted octanol–water partition coefficient (Wildman–Crippen LogP) is 3.05. The first-order chi connectivity index (χ1) is 11.9.